The second-order valence-electron chi connectivity index (χ2n) is 5.94. The van der Waals surface area contributed by atoms with Crippen LogP contribution >= 0.6 is 0 Å². The first-order valence-corrected chi connectivity index (χ1v) is 5.76. The molecule has 0 N–H and O–H groups in total. The van der Waals surface area contributed by atoms with Gasteiger partial charge in [0.2, 0.25) is 12.6 Å². The number of ether oxygens (including phenoxy) is 4. The molecule has 0 aliphatic carbocycles. The lowest BCUT2D eigenvalue weighted by Crippen LogP contribution is -2.48. The molecule has 4 heteroatoms. The Morgan fingerprint density at radius 3 is 1.31 bits per heavy atom. The lowest BCUT2D eigenvalue weighted by molar-refractivity contribution is -0.355. The smallest absolute Gasteiger partial charge is 0.210 e. The summed E-state index contributed by atoms with van der Waals surface area (Å²) in [6.45, 7) is 13.0. The molecule has 96 valence electrons. The second-order valence-corrected chi connectivity index (χ2v) is 5.94. The summed E-state index contributed by atoms with van der Waals surface area (Å²) in [5, 5.41) is 0. The van der Waals surface area contributed by atoms with Crippen LogP contribution in [0.1, 0.15) is 41.5 Å². The van der Waals surface area contributed by atoms with Gasteiger partial charge in [-0.3, -0.25) is 0 Å². The van der Waals surface area contributed by atoms with Crippen LogP contribution in [-0.4, -0.2) is 37.0 Å². The summed E-state index contributed by atoms with van der Waals surface area (Å²) in [4.78, 5) is 0. The van der Waals surface area contributed by atoms with Gasteiger partial charge in [-0.25, -0.2) is 0 Å². The third-order valence-corrected chi connectivity index (χ3v) is 1.81. The largest absolute Gasteiger partial charge is 0.346 e. The van der Waals surface area contributed by atoms with Crippen molar-refractivity contribution in [3.63, 3.8) is 0 Å². The van der Waals surface area contributed by atoms with E-state index in [0.29, 0.717) is 13.2 Å². The van der Waals surface area contributed by atoms with Crippen molar-refractivity contribution in [2.24, 2.45) is 0 Å². The normalized spacial score (nSPS) is 28.1. The molecule has 0 aromatic heterocycles. The van der Waals surface area contributed by atoms with Crippen molar-refractivity contribution in [1.29, 1.82) is 0 Å². The van der Waals surface area contributed by atoms with Gasteiger partial charge in [0.25, 0.3) is 0 Å². The highest BCUT2D eigenvalue weighted by Crippen LogP contribution is 2.23. The van der Waals surface area contributed by atoms with Crippen molar-refractivity contribution in [2.75, 3.05) is 13.2 Å². The molecular weight excluding hydrogens is 208 g/mol. The Bertz CT molecular complexity index is 190. The maximum Gasteiger partial charge on any atom is 0.210 e. The standard InChI is InChI=1S/C12H24O4/c1-11(2,3)15-9-10(14-8-7-13-9)16-12(4,5)6/h9-10H,7-8H2,1-6H3/t9-,10+. The second kappa shape index (κ2) is 5.00. The van der Waals surface area contributed by atoms with Crippen molar-refractivity contribution < 1.29 is 18.9 Å². The molecule has 0 amide bonds. The van der Waals surface area contributed by atoms with Crippen LogP contribution in [0, 0.1) is 0 Å². The van der Waals surface area contributed by atoms with Gasteiger partial charge in [0.05, 0.1) is 24.4 Å². The van der Waals surface area contributed by atoms with Crippen LogP contribution in [0.2, 0.25) is 0 Å². The molecule has 0 radical (unpaired) electrons. The predicted molar refractivity (Wildman–Crippen MR) is 61.2 cm³/mol. The molecule has 0 aromatic carbocycles. The molecule has 1 rings (SSSR count). The van der Waals surface area contributed by atoms with Gasteiger partial charge >= 0.3 is 0 Å². The van der Waals surface area contributed by atoms with Gasteiger partial charge in [-0.1, -0.05) is 0 Å². The van der Waals surface area contributed by atoms with E-state index in [1.165, 1.54) is 0 Å². The summed E-state index contributed by atoms with van der Waals surface area (Å²) in [5.41, 5.74) is -0.546. The molecule has 2 atom stereocenters. The molecule has 1 fully saturated rings. The third-order valence-electron chi connectivity index (χ3n) is 1.81. The first-order valence-electron chi connectivity index (χ1n) is 5.76. The molecule has 1 saturated heterocycles. The van der Waals surface area contributed by atoms with Crippen LogP contribution in [-0.2, 0) is 18.9 Å². The summed E-state index contributed by atoms with van der Waals surface area (Å²) >= 11 is 0. The van der Waals surface area contributed by atoms with E-state index in [1.54, 1.807) is 0 Å². The van der Waals surface area contributed by atoms with E-state index in [4.69, 9.17) is 18.9 Å². The molecule has 0 unspecified atom stereocenters. The van der Waals surface area contributed by atoms with Gasteiger partial charge in [0.1, 0.15) is 0 Å². The quantitative estimate of drug-likeness (QED) is 0.732. The SMILES string of the molecule is CC(C)(C)O[C@H]1OCCO[C@H]1OC(C)(C)C. The van der Waals surface area contributed by atoms with Gasteiger partial charge in [0.15, 0.2) is 0 Å². The van der Waals surface area contributed by atoms with Crippen LogP contribution in [0.15, 0.2) is 0 Å². The maximum atomic E-state index is 5.76. The fourth-order valence-electron chi connectivity index (χ4n) is 1.36. The Labute approximate surface area is 98.2 Å². The molecule has 16 heavy (non-hydrogen) atoms. The number of hydrogen-bond donors (Lipinski definition) is 0. The highest BCUT2D eigenvalue weighted by Gasteiger charge is 2.34. The Morgan fingerprint density at radius 1 is 0.750 bits per heavy atom. The van der Waals surface area contributed by atoms with Crippen molar-refractivity contribution in [3.05, 3.63) is 0 Å². The monoisotopic (exact) mass is 232 g/mol. The van der Waals surface area contributed by atoms with Crippen LogP contribution in [0.5, 0.6) is 0 Å². The topological polar surface area (TPSA) is 36.9 Å². The highest BCUT2D eigenvalue weighted by atomic mass is 16.8. The van der Waals surface area contributed by atoms with Crippen LogP contribution in [0.25, 0.3) is 0 Å². The lowest BCUT2D eigenvalue weighted by Gasteiger charge is -2.38. The third kappa shape index (κ3) is 5.25. The zero-order chi connectivity index (χ0) is 12.4. The van der Waals surface area contributed by atoms with E-state index >= 15 is 0 Å². The van der Waals surface area contributed by atoms with E-state index in [1.807, 2.05) is 41.5 Å². The predicted octanol–water partition coefficient (Wildman–Crippen LogP) is 2.32. The first-order chi connectivity index (χ1) is 7.17. The fourth-order valence-corrected chi connectivity index (χ4v) is 1.36. The summed E-state index contributed by atoms with van der Waals surface area (Å²) in [7, 11) is 0. The summed E-state index contributed by atoms with van der Waals surface area (Å²) in [6, 6.07) is 0. The van der Waals surface area contributed by atoms with Gasteiger partial charge in [-0.2, -0.15) is 0 Å². The molecular formula is C12H24O4. The van der Waals surface area contributed by atoms with Gasteiger partial charge in [-0.05, 0) is 41.5 Å². The average molecular weight is 232 g/mol. The van der Waals surface area contributed by atoms with Crippen LogP contribution in [0.3, 0.4) is 0 Å². The van der Waals surface area contributed by atoms with E-state index in [0.717, 1.165) is 0 Å². The van der Waals surface area contributed by atoms with Crippen molar-refractivity contribution in [1.82, 2.24) is 0 Å². The van der Waals surface area contributed by atoms with Crippen molar-refractivity contribution in [2.45, 2.75) is 65.3 Å². The molecule has 1 aliphatic rings. The number of hydrogen-bond acceptors (Lipinski definition) is 4. The number of rotatable bonds is 2. The van der Waals surface area contributed by atoms with Gasteiger partial charge in [0, 0.05) is 0 Å². The summed E-state index contributed by atoms with van der Waals surface area (Å²) in [6.07, 6.45) is -0.902. The van der Waals surface area contributed by atoms with Crippen LogP contribution < -0.4 is 0 Å². The van der Waals surface area contributed by atoms with Crippen LogP contribution in [0.4, 0.5) is 0 Å². The van der Waals surface area contributed by atoms with Gasteiger partial charge in [-0.15, -0.1) is 0 Å². The highest BCUT2D eigenvalue weighted by molar-refractivity contribution is 4.69. The van der Waals surface area contributed by atoms with Crippen molar-refractivity contribution in [3.8, 4) is 0 Å². The first kappa shape index (κ1) is 13.9. The fraction of sp³-hybridized carbons (Fsp3) is 1.00. The van der Waals surface area contributed by atoms with Gasteiger partial charge < -0.3 is 18.9 Å². The minimum Gasteiger partial charge on any atom is -0.346 e. The molecule has 4 nitrogen and oxygen atoms in total. The molecule has 1 heterocycles. The lowest BCUT2D eigenvalue weighted by atomic mass is 10.2. The Kier molecular flexibility index (Phi) is 4.35. The zero-order valence-electron chi connectivity index (χ0n) is 11.2. The molecule has 0 aromatic rings. The summed E-state index contributed by atoms with van der Waals surface area (Å²) < 4.78 is 22.6. The molecule has 0 bridgehead atoms. The van der Waals surface area contributed by atoms with Crippen molar-refractivity contribution >= 4 is 0 Å². The van der Waals surface area contributed by atoms with E-state index in [9.17, 15) is 0 Å². The Morgan fingerprint density at radius 2 is 1.06 bits per heavy atom. The van der Waals surface area contributed by atoms with E-state index < -0.39 is 12.6 Å². The molecule has 0 saturated carbocycles. The van der Waals surface area contributed by atoms with E-state index in [-0.39, 0.29) is 11.2 Å². The summed E-state index contributed by atoms with van der Waals surface area (Å²) in [5.74, 6) is 0. The average Bonchev–Trinajstić information content (AvgIpc) is 2.03. The molecule has 0 spiro atoms. The minimum atomic E-state index is -0.451. The maximum absolute atomic E-state index is 5.76. The Hall–Kier alpha value is -0.160. The zero-order valence-corrected chi connectivity index (χ0v) is 11.2. The molecule has 1 aliphatic heterocycles. The Balaban J connectivity index is 2.57. The van der Waals surface area contributed by atoms with E-state index in [2.05, 4.69) is 0 Å². The minimum absolute atomic E-state index is 0.273.